The largest absolute Gasteiger partial charge is 0.269 e. The molecule has 0 saturated carbocycles. The van der Waals surface area contributed by atoms with Crippen molar-refractivity contribution in [2.75, 3.05) is 0 Å². The van der Waals surface area contributed by atoms with Gasteiger partial charge in [0.15, 0.2) is 0 Å². The van der Waals surface area contributed by atoms with Gasteiger partial charge >= 0.3 is 0 Å². The summed E-state index contributed by atoms with van der Waals surface area (Å²) in [6, 6.07) is 6.63. The van der Waals surface area contributed by atoms with Crippen LogP contribution in [0.25, 0.3) is 0 Å². The van der Waals surface area contributed by atoms with E-state index in [0.29, 0.717) is 0 Å². The number of hydrogen-bond donors (Lipinski definition) is 0. The van der Waals surface area contributed by atoms with Crippen molar-refractivity contribution in [1.29, 1.82) is 0 Å². The molecule has 1 aromatic rings. The summed E-state index contributed by atoms with van der Waals surface area (Å²) >= 11 is 0. The quantitative estimate of drug-likeness (QED) is 0.455. The van der Waals surface area contributed by atoms with E-state index in [9.17, 15) is 10.1 Å². The second-order valence-corrected chi connectivity index (χ2v) is 7.06. The summed E-state index contributed by atoms with van der Waals surface area (Å²) in [4.78, 5) is 11.1. The van der Waals surface area contributed by atoms with E-state index >= 15 is 0 Å². The van der Waals surface area contributed by atoms with Gasteiger partial charge in [0.2, 0.25) is 0 Å². The highest BCUT2D eigenvalue weighted by molar-refractivity contribution is 8.77. The van der Waals surface area contributed by atoms with Crippen LogP contribution in [-0.2, 0) is 0 Å². The van der Waals surface area contributed by atoms with Crippen molar-refractivity contribution in [3.63, 3.8) is 0 Å². The molecule has 0 spiro atoms. The summed E-state index contributed by atoms with van der Waals surface area (Å²) < 4.78 is 0.187. The molecular weight excluding hydrogens is 230 g/mol. The van der Waals surface area contributed by atoms with Crippen molar-refractivity contribution < 1.29 is 4.92 Å². The minimum atomic E-state index is -0.384. The fourth-order valence-electron chi connectivity index (χ4n) is 0.797. The summed E-state index contributed by atoms with van der Waals surface area (Å²) in [6.45, 7) is 6.40. The number of non-ortho nitro benzene ring substituents is 1. The molecule has 0 aromatic heterocycles. The highest BCUT2D eigenvalue weighted by Gasteiger charge is 2.12. The molecule has 0 heterocycles. The molecule has 0 atom stereocenters. The van der Waals surface area contributed by atoms with Gasteiger partial charge < -0.3 is 0 Å². The Bertz CT molecular complexity index is 343. The molecule has 0 N–H and O–H groups in total. The molecule has 0 fully saturated rings. The molecule has 0 radical (unpaired) electrons. The first-order chi connectivity index (χ1) is 6.88. The maximum Gasteiger partial charge on any atom is 0.269 e. The van der Waals surface area contributed by atoms with Crippen molar-refractivity contribution >= 4 is 27.3 Å². The van der Waals surface area contributed by atoms with Crippen LogP contribution in [0.4, 0.5) is 5.69 Å². The lowest BCUT2D eigenvalue weighted by Gasteiger charge is -2.15. The number of nitrogens with zero attached hydrogens (tertiary/aromatic N) is 1. The third-order valence-corrected chi connectivity index (χ3v) is 4.81. The first-order valence-electron chi connectivity index (χ1n) is 4.49. The zero-order chi connectivity index (χ0) is 11.5. The number of benzene rings is 1. The highest BCUT2D eigenvalue weighted by atomic mass is 33.1. The van der Waals surface area contributed by atoms with E-state index in [2.05, 4.69) is 20.8 Å². The Morgan fingerprint density at radius 3 is 2.13 bits per heavy atom. The van der Waals surface area contributed by atoms with Crippen molar-refractivity contribution in [1.82, 2.24) is 0 Å². The molecule has 0 aliphatic carbocycles. The third-order valence-electron chi connectivity index (χ3n) is 1.44. The van der Waals surface area contributed by atoms with E-state index in [-0.39, 0.29) is 15.4 Å². The summed E-state index contributed by atoms with van der Waals surface area (Å²) in [6.07, 6.45) is 0. The second-order valence-electron chi connectivity index (χ2n) is 4.03. The van der Waals surface area contributed by atoms with Gasteiger partial charge in [-0.1, -0.05) is 42.4 Å². The molecule has 1 aromatic carbocycles. The van der Waals surface area contributed by atoms with E-state index < -0.39 is 0 Å². The van der Waals surface area contributed by atoms with Crippen LogP contribution in [0.15, 0.2) is 29.2 Å². The Balaban J connectivity index is 2.61. The molecule has 0 saturated heterocycles. The lowest BCUT2D eigenvalue weighted by atomic mass is 10.3. The van der Waals surface area contributed by atoms with Crippen LogP contribution in [-0.4, -0.2) is 9.67 Å². The van der Waals surface area contributed by atoms with Crippen LogP contribution in [0.5, 0.6) is 0 Å². The Morgan fingerprint density at radius 1 is 1.20 bits per heavy atom. The summed E-state index contributed by atoms with van der Waals surface area (Å²) in [7, 11) is 3.39. The molecule has 3 nitrogen and oxygen atoms in total. The van der Waals surface area contributed by atoms with E-state index in [1.807, 2.05) is 0 Å². The normalized spacial score (nSPS) is 11.4. The molecule has 0 aliphatic heterocycles. The fraction of sp³-hybridized carbons (Fsp3) is 0.400. The van der Waals surface area contributed by atoms with E-state index in [1.54, 1.807) is 33.7 Å². The van der Waals surface area contributed by atoms with Gasteiger partial charge in [-0.2, -0.15) is 0 Å². The summed E-state index contributed by atoms with van der Waals surface area (Å²) in [5, 5.41) is 10.4. The second kappa shape index (κ2) is 4.90. The topological polar surface area (TPSA) is 43.1 Å². The van der Waals surface area contributed by atoms with E-state index in [1.165, 1.54) is 12.1 Å². The molecule has 0 unspecified atom stereocenters. The average Bonchev–Trinajstić information content (AvgIpc) is 2.14. The van der Waals surface area contributed by atoms with Gasteiger partial charge in [0.05, 0.1) is 4.92 Å². The summed E-state index contributed by atoms with van der Waals surface area (Å²) in [5.41, 5.74) is 0.139. The van der Waals surface area contributed by atoms with E-state index in [0.717, 1.165) is 4.90 Å². The van der Waals surface area contributed by atoms with E-state index in [4.69, 9.17) is 0 Å². The van der Waals surface area contributed by atoms with Gasteiger partial charge in [-0.25, -0.2) is 0 Å². The first kappa shape index (κ1) is 12.4. The maximum absolute atomic E-state index is 10.4. The standard InChI is InChI=1S/C10H13NO2S2/c1-10(2,3)15-14-9-6-4-8(5-7-9)11(12)13/h4-7H,1-3H3. The zero-order valence-corrected chi connectivity index (χ0v) is 10.5. The Kier molecular flexibility index (Phi) is 4.04. The van der Waals surface area contributed by atoms with Crippen LogP contribution < -0.4 is 0 Å². The minimum Gasteiger partial charge on any atom is -0.258 e. The first-order valence-corrected chi connectivity index (χ1v) is 6.63. The molecule has 0 amide bonds. The lowest BCUT2D eigenvalue weighted by Crippen LogP contribution is -2.04. The van der Waals surface area contributed by atoms with Gasteiger partial charge in [-0.15, -0.1) is 0 Å². The van der Waals surface area contributed by atoms with Crippen molar-refractivity contribution in [2.45, 2.75) is 30.4 Å². The third kappa shape index (κ3) is 4.57. The highest BCUT2D eigenvalue weighted by Crippen LogP contribution is 2.40. The smallest absolute Gasteiger partial charge is 0.258 e. The molecule has 1 rings (SSSR count). The fourth-order valence-corrected chi connectivity index (χ4v) is 2.76. The average molecular weight is 243 g/mol. The molecule has 0 bridgehead atoms. The molecule has 15 heavy (non-hydrogen) atoms. The van der Waals surface area contributed by atoms with Gasteiger partial charge in [-0.3, -0.25) is 10.1 Å². The van der Waals surface area contributed by atoms with Gasteiger partial charge in [-0.05, 0) is 12.1 Å². The predicted molar refractivity (Wildman–Crippen MR) is 66.3 cm³/mol. The van der Waals surface area contributed by atoms with Crippen LogP contribution in [0, 0.1) is 10.1 Å². The number of hydrogen-bond acceptors (Lipinski definition) is 4. The Morgan fingerprint density at radius 2 is 1.73 bits per heavy atom. The number of nitro benzene ring substituents is 1. The molecular formula is C10H13NO2S2. The predicted octanol–water partition coefficient (Wildman–Crippen LogP) is 4.13. The van der Waals surface area contributed by atoms with Gasteiger partial charge in [0, 0.05) is 21.8 Å². The summed E-state index contributed by atoms with van der Waals surface area (Å²) in [5.74, 6) is 0. The Hall–Kier alpha value is -0.680. The van der Waals surface area contributed by atoms with Crippen molar-refractivity contribution in [2.24, 2.45) is 0 Å². The minimum absolute atomic E-state index is 0.139. The van der Waals surface area contributed by atoms with Gasteiger partial charge in [0.1, 0.15) is 0 Å². The molecule has 0 aliphatic rings. The maximum atomic E-state index is 10.4. The van der Waals surface area contributed by atoms with Gasteiger partial charge in [0.25, 0.3) is 5.69 Å². The van der Waals surface area contributed by atoms with Crippen LogP contribution >= 0.6 is 21.6 Å². The molecule has 82 valence electrons. The van der Waals surface area contributed by atoms with Crippen LogP contribution in [0.1, 0.15) is 20.8 Å². The molecule has 5 heteroatoms. The van der Waals surface area contributed by atoms with Crippen molar-refractivity contribution in [3.05, 3.63) is 34.4 Å². The van der Waals surface area contributed by atoms with Crippen LogP contribution in [0.2, 0.25) is 0 Å². The SMILES string of the molecule is CC(C)(C)SSc1ccc([N+](=O)[O-])cc1. The van der Waals surface area contributed by atoms with Crippen LogP contribution in [0.3, 0.4) is 0 Å². The number of rotatable bonds is 3. The number of nitro groups is 1. The Labute approximate surface area is 97.2 Å². The van der Waals surface area contributed by atoms with Crippen molar-refractivity contribution in [3.8, 4) is 0 Å². The monoisotopic (exact) mass is 243 g/mol. The lowest BCUT2D eigenvalue weighted by molar-refractivity contribution is -0.384. The zero-order valence-electron chi connectivity index (χ0n) is 8.89.